The number of imidazole rings is 1. The first-order valence-electron chi connectivity index (χ1n) is 7.21. The predicted octanol–water partition coefficient (Wildman–Crippen LogP) is 3.79. The van der Waals surface area contributed by atoms with Crippen molar-refractivity contribution >= 4 is 27.5 Å². The predicted molar refractivity (Wildman–Crippen MR) is 90.8 cm³/mol. The van der Waals surface area contributed by atoms with E-state index in [1.807, 2.05) is 53.8 Å². The van der Waals surface area contributed by atoms with Gasteiger partial charge < -0.3 is 9.84 Å². The van der Waals surface area contributed by atoms with Gasteiger partial charge in [-0.25, -0.2) is 4.98 Å². The number of benzene rings is 1. The highest BCUT2D eigenvalue weighted by atomic mass is 79.9. The Bertz CT molecular complexity index is 856. The average Bonchev–Trinajstić information content (AvgIpc) is 2.88. The molecule has 0 bridgehead atoms. The monoisotopic (exact) mass is 374 g/mol. The third kappa shape index (κ3) is 3.07. The number of pyridine rings is 1. The van der Waals surface area contributed by atoms with Crippen LogP contribution in [0.1, 0.15) is 12.6 Å². The largest absolute Gasteiger partial charge is 0.494 e. The molecule has 1 N–H and O–H groups in total. The van der Waals surface area contributed by atoms with E-state index in [2.05, 4.69) is 20.9 Å². The molecule has 23 heavy (non-hydrogen) atoms. The summed E-state index contributed by atoms with van der Waals surface area (Å²) >= 11 is 3.47. The van der Waals surface area contributed by atoms with E-state index in [0.717, 1.165) is 15.9 Å². The highest BCUT2D eigenvalue weighted by Gasteiger charge is 2.18. The standard InChI is InChI=1S/C17H15BrN2O3/c1-2-23-12-8-6-11(7-9-12)17-13(10-16(21)22)20-14(18)4-3-5-15(20)19-17/h3-9H,2,10H2,1H3,(H,21,22). The lowest BCUT2D eigenvalue weighted by Crippen LogP contribution is -2.05. The van der Waals surface area contributed by atoms with Gasteiger partial charge in [-0.2, -0.15) is 0 Å². The zero-order chi connectivity index (χ0) is 16.4. The van der Waals surface area contributed by atoms with E-state index >= 15 is 0 Å². The van der Waals surface area contributed by atoms with Gasteiger partial charge in [0.05, 0.1) is 29.0 Å². The van der Waals surface area contributed by atoms with E-state index in [4.69, 9.17) is 4.74 Å². The van der Waals surface area contributed by atoms with Gasteiger partial charge in [-0.3, -0.25) is 9.20 Å². The Morgan fingerprint density at radius 1 is 1.26 bits per heavy atom. The summed E-state index contributed by atoms with van der Waals surface area (Å²) in [5, 5.41) is 9.24. The smallest absolute Gasteiger partial charge is 0.309 e. The number of aromatic nitrogens is 2. The van der Waals surface area contributed by atoms with Crippen LogP contribution >= 0.6 is 15.9 Å². The molecule has 0 aliphatic carbocycles. The summed E-state index contributed by atoms with van der Waals surface area (Å²) in [6, 6.07) is 13.1. The third-order valence-corrected chi connectivity index (χ3v) is 4.07. The molecule has 6 heteroatoms. The molecule has 0 radical (unpaired) electrons. The number of halogens is 1. The van der Waals surface area contributed by atoms with Crippen LogP contribution < -0.4 is 4.74 Å². The van der Waals surface area contributed by atoms with Crippen molar-refractivity contribution < 1.29 is 14.6 Å². The first-order valence-corrected chi connectivity index (χ1v) is 8.00. The first kappa shape index (κ1) is 15.6. The second-order valence-corrected chi connectivity index (χ2v) is 5.79. The molecule has 3 rings (SSSR count). The van der Waals surface area contributed by atoms with Gasteiger partial charge in [0.15, 0.2) is 0 Å². The number of hydrogen-bond donors (Lipinski definition) is 1. The lowest BCUT2D eigenvalue weighted by Gasteiger charge is -2.06. The van der Waals surface area contributed by atoms with Gasteiger partial charge in [0.2, 0.25) is 0 Å². The summed E-state index contributed by atoms with van der Waals surface area (Å²) in [7, 11) is 0. The number of rotatable bonds is 5. The van der Waals surface area contributed by atoms with E-state index < -0.39 is 5.97 Å². The SMILES string of the molecule is CCOc1ccc(-c2nc3cccc(Br)n3c2CC(=O)O)cc1. The van der Waals surface area contributed by atoms with Gasteiger partial charge in [0.25, 0.3) is 0 Å². The normalized spacial score (nSPS) is 10.9. The highest BCUT2D eigenvalue weighted by molar-refractivity contribution is 9.10. The van der Waals surface area contributed by atoms with Crippen molar-refractivity contribution in [3.63, 3.8) is 0 Å². The van der Waals surface area contributed by atoms with Crippen LogP contribution in [0.25, 0.3) is 16.9 Å². The quantitative estimate of drug-likeness (QED) is 0.690. The number of carbonyl (C=O) groups is 1. The number of carboxylic acid groups (broad SMARTS) is 1. The van der Waals surface area contributed by atoms with Crippen LogP contribution in [0, 0.1) is 0 Å². The molecule has 0 aliphatic heterocycles. The van der Waals surface area contributed by atoms with Gasteiger partial charge in [-0.05, 0) is 59.3 Å². The lowest BCUT2D eigenvalue weighted by atomic mass is 10.1. The van der Waals surface area contributed by atoms with E-state index in [9.17, 15) is 9.90 Å². The van der Waals surface area contributed by atoms with Crippen LogP contribution in [0.2, 0.25) is 0 Å². The third-order valence-electron chi connectivity index (χ3n) is 3.45. The van der Waals surface area contributed by atoms with Gasteiger partial charge in [0, 0.05) is 5.56 Å². The topological polar surface area (TPSA) is 63.8 Å². The minimum Gasteiger partial charge on any atom is -0.494 e. The van der Waals surface area contributed by atoms with Crippen molar-refractivity contribution in [3.8, 4) is 17.0 Å². The number of carboxylic acids is 1. The summed E-state index contributed by atoms with van der Waals surface area (Å²) in [5.74, 6) is -0.115. The molecule has 0 unspecified atom stereocenters. The molecule has 2 aromatic heterocycles. The number of hydrogen-bond acceptors (Lipinski definition) is 3. The fraction of sp³-hybridized carbons (Fsp3) is 0.176. The number of fused-ring (bicyclic) bond motifs is 1. The Morgan fingerprint density at radius 3 is 2.65 bits per heavy atom. The Balaban J connectivity index is 2.15. The molecule has 0 fully saturated rings. The van der Waals surface area contributed by atoms with E-state index in [1.54, 1.807) is 0 Å². The van der Waals surface area contributed by atoms with Crippen LogP contribution in [0.3, 0.4) is 0 Å². The van der Waals surface area contributed by atoms with Crippen LogP contribution in [0.4, 0.5) is 0 Å². The van der Waals surface area contributed by atoms with Crippen LogP contribution in [-0.2, 0) is 11.2 Å². The Kier molecular flexibility index (Phi) is 4.34. The second kappa shape index (κ2) is 6.42. The Morgan fingerprint density at radius 2 is 2.00 bits per heavy atom. The molecular weight excluding hydrogens is 360 g/mol. The van der Waals surface area contributed by atoms with Gasteiger partial charge in [-0.1, -0.05) is 6.07 Å². The van der Waals surface area contributed by atoms with Crippen molar-refractivity contribution in [3.05, 3.63) is 52.8 Å². The molecular formula is C17H15BrN2O3. The van der Waals surface area contributed by atoms with Crippen molar-refractivity contribution in [2.45, 2.75) is 13.3 Å². The van der Waals surface area contributed by atoms with Crippen LogP contribution in [-0.4, -0.2) is 27.1 Å². The summed E-state index contributed by atoms with van der Waals surface area (Å²) in [5.41, 5.74) is 2.88. The summed E-state index contributed by atoms with van der Waals surface area (Å²) in [6.45, 7) is 2.53. The van der Waals surface area contributed by atoms with Crippen molar-refractivity contribution in [2.24, 2.45) is 0 Å². The Hall–Kier alpha value is -2.34. The summed E-state index contributed by atoms with van der Waals surface area (Å²) in [6.07, 6.45) is -0.105. The first-order chi connectivity index (χ1) is 11.1. The maximum absolute atomic E-state index is 11.3. The fourth-order valence-electron chi connectivity index (χ4n) is 2.52. The molecule has 1 aromatic carbocycles. The average molecular weight is 375 g/mol. The maximum Gasteiger partial charge on any atom is 0.309 e. The van der Waals surface area contributed by atoms with Gasteiger partial charge in [0.1, 0.15) is 11.4 Å². The van der Waals surface area contributed by atoms with E-state index in [1.165, 1.54) is 0 Å². The van der Waals surface area contributed by atoms with Crippen molar-refractivity contribution in [1.82, 2.24) is 9.38 Å². The molecule has 0 amide bonds. The molecule has 0 spiro atoms. The van der Waals surface area contributed by atoms with Crippen molar-refractivity contribution in [2.75, 3.05) is 6.61 Å². The van der Waals surface area contributed by atoms with Crippen LogP contribution in [0.5, 0.6) is 5.75 Å². The highest BCUT2D eigenvalue weighted by Crippen LogP contribution is 2.29. The second-order valence-electron chi connectivity index (χ2n) is 4.98. The number of ether oxygens (including phenoxy) is 1. The molecule has 0 saturated carbocycles. The van der Waals surface area contributed by atoms with Crippen LogP contribution in [0.15, 0.2) is 47.1 Å². The Labute approximate surface area is 141 Å². The lowest BCUT2D eigenvalue weighted by molar-refractivity contribution is -0.136. The van der Waals surface area contributed by atoms with E-state index in [0.29, 0.717) is 23.6 Å². The molecule has 2 heterocycles. The zero-order valence-electron chi connectivity index (χ0n) is 12.5. The zero-order valence-corrected chi connectivity index (χ0v) is 14.1. The summed E-state index contributed by atoms with van der Waals surface area (Å²) < 4.78 is 8.04. The fourth-order valence-corrected chi connectivity index (χ4v) is 3.07. The van der Waals surface area contributed by atoms with E-state index in [-0.39, 0.29) is 6.42 Å². The molecule has 3 aromatic rings. The molecule has 5 nitrogen and oxygen atoms in total. The minimum atomic E-state index is -0.894. The summed E-state index contributed by atoms with van der Waals surface area (Å²) in [4.78, 5) is 15.9. The minimum absolute atomic E-state index is 0.105. The molecule has 0 atom stereocenters. The molecule has 0 saturated heterocycles. The van der Waals surface area contributed by atoms with Gasteiger partial charge >= 0.3 is 5.97 Å². The number of aliphatic carboxylic acids is 1. The molecule has 118 valence electrons. The number of nitrogens with zero attached hydrogens (tertiary/aromatic N) is 2. The maximum atomic E-state index is 11.3. The van der Waals surface area contributed by atoms with Crippen molar-refractivity contribution in [1.29, 1.82) is 0 Å². The van der Waals surface area contributed by atoms with Gasteiger partial charge in [-0.15, -0.1) is 0 Å². The molecule has 0 aliphatic rings.